The molecule has 1 aromatic carbocycles. The number of hydrogen-bond donors (Lipinski definition) is 1. The van der Waals surface area contributed by atoms with E-state index >= 15 is 0 Å². The maximum atomic E-state index is 12.5. The number of esters is 1. The Morgan fingerprint density at radius 2 is 1.94 bits per heavy atom. The molecule has 0 saturated heterocycles. The molecule has 0 radical (unpaired) electrons. The van der Waals surface area contributed by atoms with Crippen LogP contribution < -0.4 is 0 Å². The molecular formula is C10H9F3O2S. The third kappa shape index (κ3) is 2.32. The van der Waals surface area contributed by atoms with Crippen molar-refractivity contribution in [2.45, 2.75) is 18.0 Å². The minimum Gasteiger partial charge on any atom is -0.465 e. The second-order valence-electron chi connectivity index (χ2n) is 3.12. The highest BCUT2D eigenvalue weighted by molar-refractivity contribution is 7.80. The lowest BCUT2D eigenvalue weighted by molar-refractivity contribution is -0.139. The Kier molecular flexibility index (Phi) is 3.52. The molecule has 2 nitrogen and oxygen atoms in total. The minimum atomic E-state index is -4.48. The Hall–Kier alpha value is -1.17. The molecule has 0 fully saturated rings. The van der Waals surface area contributed by atoms with Crippen molar-refractivity contribution in [3.05, 3.63) is 28.8 Å². The summed E-state index contributed by atoms with van der Waals surface area (Å²) in [5.74, 6) is -0.679. The van der Waals surface area contributed by atoms with Crippen LogP contribution in [-0.4, -0.2) is 13.1 Å². The van der Waals surface area contributed by atoms with Crippen LogP contribution in [0.1, 0.15) is 21.5 Å². The molecule has 0 heterocycles. The lowest BCUT2D eigenvalue weighted by atomic mass is 10.0. The summed E-state index contributed by atoms with van der Waals surface area (Å²) in [5, 5.41) is 0. The molecule has 0 N–H and O–H groups in total. The van der Waals surface area contributed by atoms with Crippen molar-refractivity contribution in [1.29, 1.82) is 0 Å². The van der Waals surface area contributed by atoms with Crippen LogP contribution >= 0.6 is 12.6 Å². The number of hydrogen-bond acceptors (Lipinski definition) is 3. The third-order valence-corrected chi connectivity index (χ3v) is 2.72. The molecule has 0 aliphatic rings. The summed E-state index contributed by atoms with van der Waals surface area (Å²) in [5.41, 5.74) is -0.619. The van der Waals surface area contributed by atoms with Crippen molar-refractivity contribution in [2.24, 2.45) is 0 Å². The van der Waals surface area contributed by atoms with Crippen molar-refractivity contribution < 1.29 is 22.7 Å². The van der Waals surface area contributed by atoms with Crippen molar-refractivity contribution in [3.63, 3.8) is 0 Å². The molecule has 0 aliphatic heterocycles. The molecule has 0 aromatic heterocycles. The number of carbonyl (C=O) groups is 1. The van der Waals surface area contributed by atoms with Gasteiger partial charge in [0.15, 0.2) is 0 Å². The van der Waals surface area contributed by atoms with Gasteiger partial charge in [-0.1, -0.05) is 0 Å². The topological polar surface area (TPSA) is 26.3 Å². The fourth-order valence-corrected chi connectivity index (χ4v) is 1.58. The zero-order valence-corrected chi connectivity index (χ0v) is 9.45. The van der Waals surface area contributed by atoms with E-state index in [1.807, 2.05) is 0 Å². The predicted molar refractivity (Wildman–Crippen MR) is 54.8 cm³/mol. The van der Waals surface area contributed by atoms with Crippen LogP contribution in [0.15, 0.2) is 17.0 Å². The first kappa shape index (κ1) is 12.9. The first-order valence-electron chi connectivity index (χ1n) is 4.27. The van der Waals surface area contributed by atoms with Crippen molar-refractivity contribution >= 4 is 18.6 Å². The zero-order valence-electron chi connectivity index (χ0n) is 8.55. The van der Waals surface area contributed by atoms with Crippen LogP contribution in [0, 0.1) is 6.92 Å². The Morgan fingerprint density at radius 3 is 2.38 bits per heavy atom. The highest BCUT2D eigenvalue weighted by Crippen LogP contribution is 2.36. The first-order valence-corrected chi connectivity index (χ1v) is 4.71. The number of alkyl halides is 3. The van der Waals surface area contributed by atoms with Crippen LogP contribution in [0.3, 0.4) is 0 Å². The second-order valence-corrected chi connectivity index (χ2v) is 3.57. The van der Waals surface area contributed by atoms with Crippen LogP contribution in [0.4, 0.5) is 13.2 Å². The van der Waals surface area contributed by atoms with E-state index in [-0.39, 0.29) is 16.0 Å². The number of rotatable bonds is 1. The van der Waals surface area contributed by atoms with Gasteiger partial charge in [-0.3, -0.25) is 0 Å². The van der Waals surface area contributed by atoms with E-state index in [1.54, 1.807) is 0 Å². The fourth-order valence-electron chi connectivity index (χ4n) is 1.26. The molecule has 1 aromatic rings. The zero-order chi connectivity index (χ0) is 12.5. The molecule has 6 heteroatoms. The van der Waals surface area contributed by atoms with Gasteiger partial charge >= 0.3 is 12.1 Å². The number of methoxy groups -OCH3 is 1. The Balaban J connectivity index is 3.35. The standard InChI is InChI=1S/C10H9F3O2S/c1-5-6(9(14)15-2)3-4-7(8(5)16)10(11,12)13/h3-4,16H,1-2H3. The smallest absolute Gasteiger partial charge is 0.417 e. The first-order chi connectivity index (χ1) is 7.29. The van der Waals surface area contributed by atoms with E-state index in [2.05, 4.69) is 17.4 Å². The molecule has 0 atom stereocenters. The predicted octanol–water partition coefficient (Wildman–Crippen LogP) is 3.09. The molecule has 0 bridgehead atoms. The molecule has 16 heavy (non-hydrogen) atoms. The highest BCUT2D eigenvalue weighted by Gasteiger charge is 2.34. The summed E-state index contributed by atoms with van der Waals surface area (Å²) in [6, 6.07) is 1.91. The minimum absolute atomic E-state index is 0.0838. The molecule has 0 spiro atoms. The summed E-state index contributed by atoms with van der Waals surface area (Å²) >= 11 is 3.78. The SMILES string of the molecule is COC(=O)c1ccc(C(F)(F)F)c(S)c1C. The maximum absolute atomic E-state index is 12.5. The molecule has 1 rings (SSSR count). The van der Waals surface area contributed by atoms with Crippen LogP contribution in [0.25, 0.3) is 0 Å². The van der Waals surface area contributed by atoms with E-state index in [0.29, 0.717) is 0 Å². The monoisotopic (exact) mass is 250 g/mol. The molecule has 0 aliphatic carbocycles. The largest absolute Gasteiger partial charge is 0.465 e. The van der Waals surface area contributed by atoms with Gasteiger partial charge in [-0.2, -0.15) is 13.2 Å². The van der Waals surface area contributed by atoms with Gasteiger partial charge in [0.05, 0.1) is 18.2 Å². The van der Waals surface area contributed by atoms with E-state index in [0.717, 1.165) is 19.2 Å². The Bertz CT molecular complexity index is 427. The molecule has 0 unspecified atom stereocenters. The van der Waals surface area contributed by atoms with Crippen molar-refractivity contribution in [1.82, 2.24) is 0 Å². The quantitative estimate of drug-likeness (QED) is 0.612. The number of carbonyl (C=O) groups excluding carboxylic acids is 1. The lowest BCUT2D eigenvalue weighted by Gasteiger charge is -2.13. The number of ether oxygens (including phenoxy) is 1. The van der Waals surface area contributed by atoms with E-state index < -0.39 is 17.7 Å². The Morgan fingerprint density at radius 1 is 1.38 bits per heavy atom. The van der Waals surface area contributed by atoms with Gasteiger partial charge in [0.25, 0.3) is 0 Å². The van der Waals surface area contributed by atoms with E-state index in [4.69, 9.17) is 0 Å². The summed E-state index contributed by atoms with van der Waals surface area (Å²) in [6.07, 6.45) is -4.48. The van der Waals surface area contributed by atoms with E-state index in [1.165, 1.54) is 6.92 Å². The highest BCUT2D eigenvalue weighted by atomic mass is 32.1. The fraction of sp³-hybridized carbons (Fsp3) is 0.300. The average molecular weight is 250 g/mol. The van der Waals surface area contributed by atoms with Gasteiger partial charge in [-0.25, -0.2) is 4.79 Å². The lowest BCUT2D eigenvalue weighted by Crippen LogP contribution is -2.11. The second kappa shape index (κ2) is 4.37. The van der Waals surface area contributed by atoms with Crippen LogP contribution in [-0.2, 0) is 10.9 Å². The summed E-state index contributed by atoms with van der Waals surface area (Å²) in [4.78, 5) is 11.0. The molecular weight excluding hydrogens is 241 g/mol. The summed E-state index contributed by atoms with van der Waals surface area (Å²) in [7, 11) is 1.16. The van der Waals surface area contributed by atoms with Gasteiger partial charge in [-0.05, 0) is 24.6 Å². The average Bonchev–Trinajstić information content (AvgIpc) is 2.19. The molecule has 0 amide bonds. The third-order valence-electron chi connectivity index (χ3n) is 2.14. The molecule has 88 valence electrons. The van der Waals surface area contributed by atoms with Crippen LogP contribution in [0.2, 0.25) is 0 Å². The van der Waals surface area contributed by atoms with Crippen LogP contribution in [0.5, 0.6) is 0 Å². The number of thiol groups is 1. The summed E-state index contributed by atoms with van der Waals surface area (Å²) < 4.78 is 41.9. The summed E-state index contributed by atoms with van der Waals surface area (Å²) in [6.45, 7) is 1.39. The van der Waals surface area contributed by atoms with Gasteiger partial charge in [-0.15, -0.1) is 12.6 Å². The normalized spacial score (nSPS) is 11.4. The van der Waals surface area contributed by atoms with Gasteiger partial charge < -0.3 is 4.74 Å². The number of halogens is 3. The van der Waals surface area contributed by atoms with Gasteiger partial charge in [0.2, 0.25) is 0 Å². The maximum Gasteiger partial charge on any atom is 0.417 e. The Labute approximate surface area is 95.8 Å². The van der Waals surface area contributed by atoms with Crippen molar-refractivity contribution in [3.8, 4) is 0 Å². The van der Waals surface area contributed by atoms with Crippen molar-refractivity contribution in [2.75, 3.05) is 7.11 Å². The number of benzene rings is 1. The molecule has 0 saturated carbocycles. The van der Waals surface area contributed by atoms with Gasteiger partial charge in [0, 0.05) is 4.90 Å². The van der Waals surface area contributed by atoms with E-state index in [9.17, 15) is 18.0 Å². The van der Waals surface area contributed by atoms with Gasteiger partial charge in [0.1, 0.15) is 0 Å².